The third kappa shape index (κ3) is 2.93. The maximum atomic E-state index is 13.1. The topological polar surface area (TPSA) is 23.5 Å². The second-order valence-electron chi connectivity index (χ2n) is 4.35. The fourth-order valence-corrected chi connectivity index (χ4v) is 3.00. The van der Waals surface area contributed by atoms with Crippen molar-refractivity contribution in [3.05, 3.63) is 29.6 Å². The SMILES string of the molecule is CSC1CCN(c2ccc(F)cc2CO)CC1. The van der Waals surface area contributed by atoms with Gasteiger partial charge in [-0.3, -0.25) is 0 Å². The third-order valence-electron chi connectivity index (χ3n) is 3.33. The lowest BCUT2D eigenvalue weighted by Gasteiger charge is -2.34. The van der Waals surface area contributed by atoms with Crippen LogP contribution in [0.3, 0.4) is 0 Å². The quantitative estimate of drug-likeness (QED) is 0.898. The lowest BCUT2D eigenvalue weighted by molar-refractivity contribution is 0.281. The van der Waals surface area contributed by atoms with Crippen molar-refractivity contribution < 1.29 is 9.50 Å². The van der Waals surface area contributed by atoms with Gasteiger partial charge in [-0.15, -0.1) is 0 Å². The zero-order valence-corrected chi connectivity index (χ0v) is 10.8. The van der Waals surface area contributed by atoms with Crippen molar-refractivity contribution in [2.45, 2.75) is 24.7 Å². The van der Waals surface area contributed by atoms with Gasteiger partial charge < -0.3 is 10.0 Å². The number of piperidine rings is 1. The van der Waals surface area contributed by atoms with Crippen LogP contribution in [-0.4, -0.2) is 29.7 Å². The van der Waals surface area contributed by atoms with Crippen LogP contribution in [0.1, 0.15) is 18.4 Å². The molecular weight excluding hydrogens is 237 g/mol. The average Bonchev–Trinajstić information content (AvgIpc) is 2.39. The number of anilines is 1. The van der Waals surface area contributed by atoms with E-state index >= 15 is 0 Å². The van der Waals surface area contributed by atoms with E-state index in [0.29, 0.717) is 5.56 Å². The van der Waals surface area contributed by atoms with Gasteiger partial charge in [0.2, 0.25) is 0 Å². The van der Waals surface area contributed by atoms with Gasteiger partial charge in [0.25, 0.3) is 0 Å². The van der Waals surface area contributed by atoms with E-state index in [9.17, 15) is 9.50 Å². The van der Waals surface area contributed by atoms with Crippen LogP contribution in [-0.2, 0) is 6.61 Å². The molecule has 0 amide bonds. The normalized spacial score (nSPS) is 17.5. The van der Waals surface area contributed by atoms with Crippen LogP contribution in [0.15, 0.2) is 18.2 Å². The molecule has 2 nitrogen and oxygen atoms in total. The van der Waals surface area contributed by atoms with Crippen LogP contribution in [0.5, 0.6) is 0 Å². The predicted molar refractivity (Wildman–Crippen MR) is 71.1 cm³/mol. The molecule has 1 aromatic rings. The van der Waals surface area contributed by atoms with Gasteiger partial charge in [0.15, 0.2) is 0 Å². The van der Waals surface area contributed by atoms with Gasteiger partial charge in [-0.05, 0) is 37.3 Å². The van der Waals surface area contributed by atoms with E-state index in [2.05, 4.69) is 11.2 Å². The maximum Gasteiger partial charge on any atom is 0.123 e. The minimum absolute atomic E-state index is 0.102. The van der Waals surface area contributed by atoms with E-state index in [1.54, 1.807) is 6.07 Å². The first-order valence-electron chi connectivity index (χ1n) is 5.91. The molecule has 1 saturated heterocycles. The summed E-state index contributed by atoms with van der Waals surface area (Å²) in [4.78, 5) is 2.25. The molecule has 1 N–H and O–H groups in total. The van der Waals surface area contributed by atoms with E-state index in [1.807, 2.05) is 11.8 Å². The highest BCUT2D eigenvalue weighted by Gasteiger charge is 2.20. The number of hydrogen-bond donors (Lipinski definition) is 1. The minimum atomic E-state index is -0.281. The van der Waals surface area contributed by atoms with Gasteiger partial charge in [0.05, 0.1) is 6.61 Å². The molecular formula is C13H18FNOS. The Morgan fingerprint density at radius 3 is 2.71 bits per heavy atom. The Bertz CT molecular complexity index is 378. The molecule has 17 heavy (non-hydrogen) atoms. The lowest BCUT2D eigenvalue weighted by atomic mass is 10.1. The summed E-state index contributed by atoms with van der Waals surface area (Å²) in [6, 6.07) is 4.67. The van der Waals surface area contributed by atoms with Gasteiger partial charge in [-0.2, -0.15) is 11.8 Å². The molecule has 1 aliphatic heterocycles. The third-order valence-corrected chi connectivity index (χ3v) is 4.47. The van der Waals surface area contributed by atoms with Crippen molar-refractivity contribution in [1.29, 1.82) is 0 Å². The van der Waals surface area contributed by atoms with Gasteiger partial charge in [-0.1, -0.05) is 0 Å². The van der Waals surface area contributed by atoms with Gasteiger partial charge in [0, 0.05) is 29.6 Å². The Morgan fingerprint density at radius 2 is 2.12 bits per heavy atom. The minimum Gasteiger partial charge on any atom is -0.392 e. The van der Waals surface area contributed by atoms with Crippen LogP contribution >= 0.6 is 11.8 Å². The van der Waals surface area contributed by atoms with Crippen LogP contribution in [0.25, 0.3) is 0 Å². The number of halogens is 1. The van der Waals surface area contributed by atoms with E-state index in [-0.39, 0.29) is 12.4 Å². The van der Waals surface area contributed by atoms with Crippen molar-refractivity contribution in [1.82, 2.24) is 0 Å². The second-order valence-corrected chi connectivity index (χ2v) is 5.49. The first-order valence-corrected chi connectivity index (χ1v) is 7.20. The Kier molecular flexibility index (Phi) is 4.29. The molecule has 1 aromatic carbocycles. The monoisotopic (exact) mass is 255 g/mol. The lowest BCUT2D eigenvalue weighted by Crippen LogP contribution is -2.35. The molecule has 0 bridgehead atoms. The Hall–Kier alpha value is -0.740. The predicted octanol–water partition coefficient (Wildman–Crippen LogP) is 2.65. The number of thioether (sulfide) groups is 1. The molecule has 0 atom stereocenters. The number of nitrogens with zero attached hydrogens (tertiary/aromatic N) is 1. The van der Waals surface area contributed by atoms with E-state index in [4.69, 9.17) is 0 Å². The summed E-state index contributed by atoms with van der Waals surface area (Å²) in [5, 5.41) is 10.0. The van der Waals surface area contributed by atoms with Crippen molar-refractivity contribution in [3.8, 4) is 0 Å². The standard InChI is InChI=1S/C13H18FNOS/c1-17-12-4-6-15(7-5-12)13-3-2-11(14)8-10(13)9-16/h2-3,8,12,16H,4-7,9H2,1H3. The maximum absolute atomic E-state index is 13.1. The first-order chi connectivity index (χ1) is 8.24. The molecule has 0 unspecified atom stereocenters. The van der Waals surface area contributed by atoms with Crippen LogP contribution in [0.2, 0.25) is 0 Å². The summed E-state index contributed by atoms with van der Waals surface area (Å²) in [5.41, 5.74) is 1.67. The Balaban J connectivity index is 2.12. The Labute approximate surface area is 106 Å². The molecule has 0 radical (unpaired) electrons. The van der Waals surface area contributed by atoms with Gasteiger partial charge >= 0.3 is 0 Å². The van der Waals surface area contributed by atoms with Gasteiger partial charge in [-0.25, -0.2) is 4.39 Å². The molecule has 0 spiro atoms. The zero-order chi connectivity index (χ0) is 12.3. The summed E-state index contributed by atoms with van der Waals surface area (Å²) in [5.74, 6) is -0.281. The molecule has 1 aliphatic rings. The molecule has 2 rings (SSSR count). The molecule has 1 heterocycles. The van der Waals surface area contributed by atoms with Crippen molar-refractivity contribution in [2.24, 2.45) is 0 Å². The van der Waals surface area contributed by atoms with E-state index in [1.165, 1.54) is 12.1 Å². The summed E-state index contributed by atoms with van der Waals surface area (Å²) in [6.07, 6.45) is 4.46. The highest BCUT2D eigenvalue weighted by molar-refractivity contribution is 7.99. The number of aliphatic hydroxyl groups excluding tert-OH is 1. The smallest absolute Gasteiger partial charge is 0.123 e. The summed E-state index contributed by atoms with van der Waals surface area (Å²) >= 11 is 1.92. The number of hydrogen-bond acceptors (Lipinski definition) is 3. The van der Waals surface area contributed by atoms with Crippen molar-refractivity contribution in [3.63, 3.8) is 0 Å². The van der Waals surface area contributed by atoms with E-state index < -0.39 is 0 Å². The average molecular weight is 255 g/mol. The first kappa shape index (κ1) is 12.7. The molecule has 1 fully saturated rings. The molecule has 94 valence electrons. The highest BCUT2D eigenvalue weighted by Crippen LogP contribution is 2.28. The molecule has 4 heteroatoms. The summed E-state index contributed by atoms with van der Waals surface area (Å²) in [6.45, 7) is 1.88. The van der Waals surface area contributed by atoms with Crippen molar-refractivity contribution >= 4 is 17.4 Å². The van der Waals surface area contributed by atoms with Crippen LogP contribution in [0, 0.1) is 5.82 Å². The van der Waals surface area contributed by atoms with Gasteiger partial charge in [0.1, 0.15) is 5.82 Å². The molecule has 0 aromatic heterocycles. The fourth-order valence-electron chi connectivity index (χ4n) is 2.32. The second kappa shape index (κ2) is 5.74. The number of aliphatic hydroxyl groups is 1. The molecule has 0 aliphatic carbocycles. The highest BCUT2D eigenvalue weighted by atomic mass is 32.2. The number of rotatable bonds is 3. The Morgan fingerprint density at radius 1 is 1.41 bits per heavy atom. The van der Waals surface area contributed by atoms with E-state index in [0.717, 1.165) is 36.9 Å². The zero-order valence-electron chi connectivity index (χ0n) is 10.0. The molecule has 0 saturated carbocycles. The van der Waals surface area contributed by atoms with Crippen molar-refractivity contribution in [2.75, 3.05) is 24.2 Å². The fraction of sp³-hybridized carbons (Fsp3) is 0.538. The number of benzene rings is 1. The largest absolute Gasteiger partial charge is 0.392 e. The van der Waals surface area contributed by atoms with Crippen LogP contribution < -0.4 is 4.90 Å². The van der Waals surface area contributed by atoms with Crippen LogP contribution in [0.4, 0.5) is 10.1 Å². The summed E-state index contributed by atoms with van der Waals surface area (Å²) < 4.78 is 13.1. The summed E-state index contributed by atoms with van der Waals surface area (Å²) in [7, 11) is 0.